The first-order valence-corrected chi connectivity index (χ1v) is 7.11. The number of hydrogen-bond donors (Lipinski definition) is 1. The summed E-state index contributed by atoms with van der Waals surface area (Å²) < 4.78 is 43.1. The highest BCUT2D eigenvalue weighted by molar-refractivity contribution is 5.76. The number of nitrogens with one attached hydrogen (secondary N) is 1. The van der Waals surface area contributed by atoms with Gasteiger partial charge < -0.3 is 9.84 Å². The second kappa shape index (κ2) is 6.64. The van der Waals surface area contributed by atoms with Crippen LogP contribution in [0.3, 0.4) is 0 Å². The van der Waals surface area contributed by atoms with Gasteiger partial charge in [0.25, 0.3) is 0 Å². The molecule has 1 aliphatic rings. The molecule has 2 atom stereocenters. The smallest absolute Gasteiger partial charge is 0.352 e. The molecule has 124 valence electrons. The Bertz CT molecular complexity index is 518. The van der Waals surface area contributed by atoms with Crippen LogP contribution in [-0.4, -0.2) is 52.8 Å². The molecule has 22 heavy (non-hydrogen) atoms. The summed E-state index contributed by atoms with van der Waals surface area (Å²) in [5, 5.41) is 6.38. The molecule has 9 heteroatoms. The quantitative estimate of drug-likeness (QED) is 0.909. The number of likely N-dealkylation sites (N-methyl/N-ethyl adjacent to an activating group) is 1. The molecule has 6 nitrogen and oxygen atoms in total. The number of carbonyl (C=O) groups is 1. The predicted molar refractivity (Wildman–Crippen MR) is 71.0 cm³/mol. The van der Waals surface area contributed by atoms with Crippen molar-refractivity contribution in [1.29, 1.82) is 0 Å². The van der Waals surface area contributed by atoms with Crippen LogP contribution in [0.5, 0.6) is 0 Å². The summed E-state index contributed by atoms with van der Waals surface area (Å²) in [5.74, 6) is 0.660. The number of alkyl halides is 3. The zero-order valence-electron chi connectivity index (χ0n) is 12.5. The Morgan fingerprint density at radius 1 is 1.45 bits per heavy atom. The van der Waals surface area contributed by atoms with Crippen LogP contribution in [0.2, 0.25) is 0 Å². The normalized spacial score (nSPS) is 23.5. The minimum atomic E-state index is -4.22. The van der Waals surface area contributed by atoms with Crippen LogP contribution in [0, 0.1) is 6.92 Å². The first kappa shape index (κ1) is 16.7. The highest BCUT2D eigenvalue weighted by atomic mass is 19.4. The SMILES string of the molecule is Cc1noc(CCC(=O)NC2CCC(C(F)(F)F)N(C)C2)n1. The summed E-state index contributed by atoms with van der Waals surface area (Å²) in [7, 11) is 1.43. The van der Waals surface area contributed by atoms with Gasteiger partial charge in [0.15, 0.2) is 5.82 Å². The predicted octanol–water partition coefficient (Wildman–Crippen LogP) is 1.45. The minimum absolute atomic E-state index is 0.00615. The number of aryl methyl sites for hydroxylation is 2. The van der Waals surface area contributed by atoms with Gasteiger partial charge in [0.1, 0.15) is 6.04 Å². The molecule has 0 aliphatic carbocycles. The van der Waals surface area contributed by atoms with Gasteiger partial charge in [-0.15, -0.1) is 0 Å². The fourth-order valence-electron chi connectivity index (χ4n) is 2.64. The van der Waals surface area contributed by atoms with Gasteiger partial charge in [-0.1, -0.05) is 5.16 Å². The molecule has 1 amide bonds. The van der Waals surface area contributed by atoms with E-state index in [1.54, 1.807) is 6.92 Å². The van der Waals surface area contributed by atoms with Crippen LogP contribution in [0.1, 0.15) is 31.0 Å². The lowest BCUT2D eigenvalue weighted by Gasteiger charge is -2.38. The molecule has 0 aromatic carbocycles. The Morgan fingerprint density at radius 3 is 2.73 bits per heavy atom. The molecular formula is C13H19F3N4O2. The van der Waals surface area contributed by atoms with E-state index >= 15 is 0 Å². The summed E-state index contributed by atoms with van der Waals surface area (Å²) in [4.78, 5) is 17.1. The molecular weight excluding hydrogens is 301 g/mol. The molecule has 1 aromatic heterocycles. The number of piperidine rings is 1. The van der Waals surface area contributed by atoms with Gasteiger partial charge in [-0.05, 0) is 26.8 Å². The van der Waals surface area contributed by atoms with Crippen LogP contribution < -0.4 is 5.32 Å². The maximum absolute atomic E-state index is 12.7. The van der Waals surface area contributed by atoms with Gasteiger partial charge >= 0.3 is 6.18 Å². The van der Waals surface area contributed by atoms with Crippen molar-refractivity contribution in [2.75, 3.05) is 13.6 Å². The topological polar surface area (TPSA) is 71.3 Å². The lowest BCUT2D eigenvalue weighted by Crippen LogP contribution is -2.54. The average molecular weight is 320 g/mol. The Morgan fingerprint density at radius 2 is 2.18 bits per heavy atom. The number of nitrogens with zero attached hydrogens (tertiary/aromatic N) is 3. The van der Waals surface area contributed by atoms with Crippen molar-refractivity contribution in [3.8, 4) is 0 Å². The number of aromatic nitrogens is 2. The molecule has 0 bridgehead atoms. The lowest BCUT2D eigenvalue weighted by molar-refractivity contribution is -0.188. The van der Waals surface area contributed by atoms with Crippen molar-refractivity contribution in [1.82, 2.24) is 20.4 Å². The molecule has 1 N–H and O–H groups in total. The summed E-state index contributed by atoms with van der Waals surface area (Å²) in [5.41, 5.74) is 0. The molecule has 1 aliphatic heterocycles. The van der Waals surface area contributed by atoms with Crippen molar-refractivity contribution < 1.29 is 22.5 Å². The van der Waals surface area contributed by atoms with Crippen LogP contribution in [0.15, 0.2) is 4.52 Å². The highest BCUT2D eigenvalue weighted by Crippen LogP contribution is 2.30. The fraction of sp³-hybridized carbons (Fsp3) is 0.769. The van der Waals surface area contributed by atoms with E-state index in [0.29, 0.717) is 24.6 Å². The van der Waals surface area contributed by atoms with Gasteiger partial charge in [0.05, 0.1) is 0 Å². The summed E-state index contributed by atoms with van der Waals surface area (Å²) in [6, 6.07) is -1.69. The third-order valence-corrected chi connectivity index (χ3v) is 3.71. The molecule has 2 heterocycles. The largest absolute Gasteiger partial charge is 0.404 e. The van der Waals surface area contributed by atoms with E-state index in [-0.39, 0.29) is 31.3 Å². The molecule has 1 saturated heterocycles. The van der Waals surface area contributed by atoms with E-state index in [4.69, 9.17) is 4.52 Å². The molecule has 0 saturated carbocycles. The molecule has 2 rings (SSSR count). The number of carbonyl (C=O) groups excluding carboxylic acids is 1. The Balaban J connectivity index is 1.76. The van der Waals surface area contributed by atoms with Gasteiger partial charge in [0.2, 0.25) is 11.8 Å². The zero-order chi connectivity index (χ0) is 16.3. The number of likely N-dealkylation sites (tertiary alicyclic amines) is 1. The van der Waals surface area contributed by atoms with E-state index < -0.39 is 12.2 Å². The highest BCUT2D eigenvalue weighted by Gasteiger charge is 2.44. The van der Waals surface area contributed by atoms with Crippen LogP contribution in [0.25, 0.3) is 0 Å². The van der Waals surface area contributed by atoms with E-state index in [1.807, 2.05) is 0 Å². The van der Waals surface area contributed by atoms with E-state index in [1.165, 1.54) is 11.9 Å². The molecule has 1 fully saturated rings. The molecule has 2 unspecified atom stereocenters. The second-order valence-corrected chi connectivity index (χ2v) is 5.57. The van der Waals surface area contributed by atoms with Crippen LogP contribution in [-0.2, 0) is 11.2 Å². The van der Waals surface area contributed by atoms with Gasteiger partial charge in [-0.2, -0.15) is 18.2 Å². The van der Waals surface area contributed by atoms with Crippen molar-refractivity contribution in [3.63, 3.8) is 0 Å². The maximum atomic E-state index is 12.7. The third kappa shape index (κ3) is 4.43. The van der Waals surface area contributed by atoms with Gasteiger partial charge in [-0.3, -0.25) is 9.69 Å². The lowest BCUT2D eigenvalue weighted by atomic mass is 9.98. The number of rotatable bonds is 4. The standard InChI is InChI=1S/C13H19F3N4O2/c1-8-17-12(22-19-8)6-5-11(21)18-9-3-4-10(13(14,15)16)20(2)7-9/h9-10H,3-7H2,1-2H3,(H,18,21). The summed E-state index contributed by atoms with van der Waals surface area (Å²) >= 11 is 0. The van der Waals surface area contributed by atoms with E-state index in [9.17, 15) is 18.0 Å². The van der Waals surface area contributed by atoms with E-state index in [0.717, 1.165) is 0 Å². The van der Waals surface area contributed by atoms with Crippen molar-refractivity contribution in [2.45, 2.75) is 50.9 Å². The van der Waals surface area contributed by atoms with Crippen molar-refractivity contribution in [3.05, 3.63) is 11.7 Å². The molecule has 1 aromatic rings. The maximum Gasteiger partial charge on any atom is 0.404 e. The molecule has 0 radical (unpaired) electrons. The minimum Gasteiger partial charge on any atom is -0.352 e. The third-order valence-electron chi connectivity index (χ3n) is 3.71. The number of amides is 1. The van der Waals surface area contributed by atoms with Gasteiger partial charge in [-0.25, -0.2) is 0 Å². The Hall–Kier alpha value is -1.64. The first-order chi connectivity index (χ1) is 10.3. The second-order valence-electron chi connectivity index (χ2n) is 5.57. The van der Waals surface area contributed by atoms with Crippen molar-refractivity contribution in [2.24, 2.45) is 0 Å². The van der Waals surface area contributed by atoms with Crippen LogP contribution >= 0.6 is 0 Å². The first-order valence-electron chi connectivity index (χ1n) is 7.11. The number of halogens is 3. The monoisotopic (exact) mass is 320 g/mol. The summed E-state index contributed by atoms with van der Waals surface area (Å²) in [6.45, 7) is 1.87. The summed E-state index contributed by atoms with van der Waals surface area (Å²) in [6.07, 6.45) is -3.42. The van der Waals surface area contributed by atoms with Crippen LogP contribution in [0.4, 0.5) is 13.2 Å². The van der Waals surface area contributed by atoms with E-state index in [2.05, 4.69) is 15.5 Å². The van der Waals surface area contributed by atoms with Gasteiger partial charge in [0, 0.05) is 25.4 Å². The molecule has 0 spiro atoms. The number of hydrogen-bond acceptors (Lipinski definition) is 5. The zero-order valence-corrected chi connectivity index (χ0v) is 12.5. The Kier molecular flexibility index (Phi) is 5.05. The fourth-order valence-corrected chi connectivity index (χ4v) is 2.64. The van der Waals surface area contributed by atoms with Crippen molar-refractivity contribution >= 4 is 5.91 Å². The Labute approximate surface area is 126 Å². The average Bonchev–Trinajstić information content (AvgIpc) is 2.81.